The van der Waals surface area contributed by atoms with Gasteiger partial charge in [-0.1, -0.05) is 6.92 Å². The molecule has 0 heterocycles. The van der Waals surface area contributed by atoms with Crippen molar-refractivity contribution in [1.29, 1.82) is 0 Å². The summed E-state index contributed by atoms with van der Waals surface area (Å²) in [6.07, 6.45) is 0. The average Bonchev–Trinajstić information content (AvgIpc) is 1.97. The Hall–Kier alpha value is -0.610. The number of hydroxylamine groups is 1. The van der Waals surface area contributed by atoms with Gasteiger partial charge in [-0.3, -0.25) is 9.63 Å². The van der Waals surface area contributed by atoms with Crippen LogP contribution in [0, 0.1) is 5.92 Å². The maximum absolute atomic E-state index is 11.3. The van der Waals surface area contributed by atoms with Gasteiger partial charge in [-0.25, -0.2) is 5.48 Å². The molecule has 78 valence electrons. The van der Waals surface area contributed by atoms with Crippen LogP contribution in [-0.2, 0) is 9.63 Å². The van der Waals surface area contributed by atoms with Crippen LogP contribution < -0.4 is 11.2 Å². The molecule has 1 amide bonds. The van der Waals surface area contributed by atoms with Crippen LogP contribution in [0.15, 0.2) is 0 Å². The Labute approximate surface area is 79.8 Å². The number of carbonyl (C=O) groups excluding carboxylic acids is 1. The van der Waals surface area contributed by atoms with E-state index in [1.807, 2.05) is 20.8 Å². The molecular weight excluding hydrogens is 168 g/mol. The summed E-state index contributed by atoms with van der Waals surface area (Å²) >= 11 is 0. The van der Waals surface area contributed by atoms with E-state index in [4.69, 9.17) is 10.6 Å². The molecule has 0 rings (SSSR count). The van der Waals surface area contributed by atoms with Gasteiger partial charge in [0.2, 0.25) is 5.91 Å². The summed E-state index contributed by atoms with van der Waals surface area (Å²) in [6, 6.07) is -0.163. The van der Waals surface area contributed by atoms with Gasteiger partial charge in [0.1, 0.15) is 0 Å². The zero-order valence-corrected chi connectivity index (χ0v) is 9.05. The van der Waals surface area contributed by atoms with Crippen molar-refractivity contribution in [3.8, 4) is 0 Å². The molecule has 2 unspecified atom stereocenters. The number of nitrogens with one attached hydrogen (secondary N) is 1. The lowest BCUT2D eigenvalue weighted by Gasteiger charge is -2.21. The fourth-order valence-corrected chi connectivity index (χ4v) is 0.535. The van der Waals surface area contributed by atoms with Gasteiger partial charge in [-0.2, -0.15) is 0 Å². The van der Waals surface area contributed by atoms with Gasteiger partial charge < -0.3 is 5.73 Å². The van der Waals surface area contributed by atoms with E-state index in [1.165, 1.54) is 0 Å². The van der Waals surface area contributed by atoms with Gasteiger partial charge in [0.05, 0.1) is 11.5 Å². The highest BCUT2D eigenvalue weighted by molar-refractivity contribution is 5.77. The Bertz CT molecular complexity index is 173. The highest BCUT2D eigenvalue weighted by atomic mass is 16.7. The summed E-state index contributed by atoms with van der Waals surface area (Å²) in [5, 5.41) is 0. The lowest BCUT2D eigenvalue weighted by Crippen LogP contribution is -2.41. The van der Waals surface area contributed by atoms with E-state index in [0.29, 0.717) is 0 Å². The third kappa shape index (κ3) is 5.60. The molecule has 0 fully saturated rings. The fraction of sp³-hybridized carbons (Fsp3) is 0.889. The maximum Gasteiger partial charge on any atom is 0.247 e. The lowest BCUT2D eigenvalue weighted by molar-refractivity contribution is -0.149. The maximum atomic E-state index is 11.3. The standard InChI is InChI=1S/C9H20N2O2/c1-6(7(2)10)8(12)11-13-9(3,4)5/h6-7H,10H2,1-5H3,(H,11,12). The van der Waals surface area contributed by atoms with E-state index < -0.39 is 0 Å². The molecule has 0 saturated heterocycles. The van der Waals surface area contributed by atoms with Crippen LogP contribution >= 0.6 is 0 Å². The van der Waals surface area contributed by atoms with Crippen molar-refractivity contribution in [2.24, 2.45) is 11.7 Å². The number of hydrogen-bond acceptors (Lipinski definition) is 3. The minimum atomic E-state index is -0.368. The Kier molecular flexibility index (Phi) is 4.36. The van der Waals surface area contributed by atoms with Gasteiger partial charge in [0.25, 0.3) is 0 Å². The third-order valence-electron chi connectivity index (χ3n) is 1.66. The largest absolute Gasteiger partial charge is 0.327 e. The number of hydrogen-bond donors (Lipinski definition) is 2. The molecule has 0 aliphatic heterocycles. The summed E-state index contributed by atoms with van der Waals surface area (Å²) in [4.78, 5) is 16.4. The molecule has 13 heavy (non-hydrogen) atoms. The van der Waals surface area contributed by atoms with Crippen LogP contribution in [0.25, 0.3) is 0 Å². The summed E-state index contributed by atoms with van der Waals surface area (Å²) in [5.41, 5.74) is 7.58. The molecule has 0 aromatic rings. The van der Waals surface area contributed by atoms with Crippen molar-refractivity contribution in [3.05, 3.63) is 0 Å². The molecule has 0 aliphatic rings. The zero-order chi connectivity index (χ0) is 10.6. The average molecular weight is 188 g/mol. The quantitative estimate of drug-likeness (QED) is 0.644. The van der Waals surface area contributed by atoms with Crippen LogP contribution in [0.4, 0.5) is 0 Å². The number of rotatable bonds is 3. The molecular formula is C9H20N2O2. The van der Waals surface area contributed by atoms with Crippen LogP contribution in [0.2, 0.25) is 0 Å². The molecule has 0 radical (unpaired) electrons. The van der Waals surface area contributed by atoms with Crippen molar-refractivity contribution in [3.63, 3.8) is 0 Å². The van der Waals surface area contributed by atoms with Gasteiger partial charge >= 0.3 is 0 Å². The number of carbonyl (C=O) groups is 1. The van der Waals surface area contributed by atoms with E-state index in [9.17, 15) is 4.79 Å². The fourth-order valence-electron chi connectivity index (χ4n) is 0.535. The predicted molar refractivity (Wildman–Crippen MR) is 51.8 cm³/mol. The first-order valence-corrected chi connectivity index (χ1v) is 4.47. The highest BCUT2D eigenvalue weighted by Crippen LogP contribution is 2.05. The Morgan fingerprint density at radius 3 is 2.15 bits per heavy atom. The molecule has 0 aromatic carbocycles. The van der Waals surface area contributed by atoms with Crippen molar-refractivity contribution in [1.82, 2.24) is 5.48 Å². The minimum Gasteiger partial charge on any atom is -0.327 e. The molecule has 0 aliphatic carbocycles. The van der Waals surface area contributed by atoms with Crippen molar-refractivity contribution in [2.45, 2.75) is 46.3 Å². The second-order valence-corrected chi connectivity index (χ2v) is 4.33. The Balaban J connectivity index is 3.89. The van der Waals surface area contributed by atoms with E-state index in [1.54, 1.807) is 13.8 Å². The first-order valence-electron chi connectivity index (χ1n) is 4.47. The number of amides is 1. The first kappa shape index (κ1) is 12.4. The molecule has 0 aromatic heterocycles. The molecule has 0 spiro atoms. The summed E-state index contributed by atoms with van der Waals surface area (Å²) < 4.78 is 0. The topological polar surface area (TPSA) is 64.4 Å². The van der Waals surface area contributed by atoms with E-state index in [-0.39, 0.29) is 23.5 Å². The van der Waals surface area contributed by atoms with E-state index in [0.717, 1.165) is 0 Å². The third-order valence-corrected chi connectivity index (χ3v) is 1.66. The minimum absolute atomic E-state index is 0.163. The molecule has 4 nitrogen and oxygen atoms in total. The molecule has 0 saturated carbocycles. The SMILES string of the molecule is CC(N)C(C)C(=O)NOC(C)(C)C. The molecule has 3 N–H and O–H groups in total. The zero-order valence-electron chi connectivity index (χ0n) is 9.05. The van der Waals surface area contributed by atoms with E-state index in [2.05, 4.69) is 5.48 Å². The normalized spacial score (nSPS) is 16.5. The highest BCUT2D eigenvalue weighted by Gasteiger charge is 2.19. The van der Waals surface area contributed by atoms with Crippen molar-refractivity contribution >= 4 is 5.91 Å². The van der Waals surface area contributed by atoms with Gasteiger partial charge in [-0.05, 0) is 27.7 Å². The second-order valence-electron chi connectivity index (χ2n) is 4.33. The molecule has 2 atom stereocenters. The second kappa shape index (κ2) is 4.58. The lowest BCUT2D eigenvalue weighted by atomic mass is 10.0. The van der Waals surface area contributed by atoms with Gasteiger partial charge in [-0.15, -0.1) is 0 Å². The Morgan fingerprint density at radius 1 is 1.38 bits per heavy atom. The summed E-state index contributed by atoms with van der Waals surface area (Å²) in [6.45, 7) is 9.16. The van der Waals surface area contributed by atoms with Crippen molar-refractivity contribution in [2.75, 3.05) is 0 Å². The molecule has 0 bridgehead atoms. The van der Waals surface area contributed by atoms with E-state index >= 15 is 0 Å². The monoisotopic (exact) mass is 188 g/mol. The first-order chi connectivity index (χ1) is 5.74. The van der Waals surface area contributed by atoms with Gasteiger partial charge in [0.15, 0.2) is 0 Å². The smallest absolute Gasteiger partial charge is 0.247 e. The summed E-state index contributed by atoms with van der Waals surface area (Å²) in [7, 11) is 0. The van der Waals surface area contributed by atoms with Gasteiger partial charge in [0, 0.05) is 6.04 Å². The number of nitrogens with two attached hydrogens (primary N) is 1. The predicted octanol–water partition coefficient (Wildman–Crippen LogP) is 0.816. The Morgan fingerprint density at radius 2 is 1.85 bits per heavy atom. The van der Waals surface area contributed by atoms with Crippen molar-refractivity contribution < 1.29 is 9.63 Å². The molecule has 4 heteroatoms. The van der Waals surface area contributed by atoms with Crippen LogP contribution in [0.5, 0.6) is 0 Å². The van der Waals surface area contributed by atoms with Crippen LogP contribution in [0.1, 0.15) is 34.6 Å². The summed E-state index contributed by atoms with van der Waals surface area (Å²) in [5.74, 6) is -0.410. The van der Waals surface area contributed by atoms with Crippen LogP contribution in [0.3, 0.4) is 0 Å². The van der Waals surface area contributed by atoms with Crippen LogP contribution in [-0.4, -0.2) is 17.6 Å².